The first-order valence-corrected chi connectivity index (χ1v) is 2.51. The second-order valence-electron chi connectivity index (χ2n) is 1.63. The van der Waals surface area contributed by atoms with Gasteiger partial charge in [-0.15, -0.1) is 0 Å². The molecule has 2 N–H and O–H groups in total. The highest BCUT2D eigenvalue weighted by Crippen LogP contribution is 1.79. The molecule has 0 saturated carbocycles. The predicted octanol–water partition coefficient (Wildman–Crippen LogP) is -0.844. The highest BCUT2D eigenvalue weighted by atomic mass is 16.3. The molecule has 0 bridgehead atoms. The van der Waals surface area contributed by atoms with Crippen molar-refractivity contribution in [3.63, 3.8) is 0 Å². The van der Waals surface area contributed by atoms with Gasteiger partial charge in [0.1, 0.15) is 5.78 Å². The number of likely N-dealkylation sites (N-methyl/N-ethyl adjacent to an activating group) is 1. The number of ketones is 1. The van der Waals surface area contributed by atoms with Gasteiger partial charge in [-0.3, -0.25) is 4.79 Å². The fourth-order valence-electron chi connectivity index (χ4n) is 0.423. The maximum atomic E-state index is 10.4. The topological polar surface area (TPSA) is 49.3 Å². The van der Waals surface area contributed by atoms with Gasteiger partial charge in [0.05, 0.1) is 12.6 Å². The Bertz CT molecular complexity index is 78.5. The monoisotopic (exact) mass is 117 g/mol. The first-order chi connectivity index (χ1) is 3.72. The van der Waals surface area contributed by atoms with Crippen molar-refractivity contribution in [3.8, 4) is 0 Å². The number of carbonyl (C=O) groups is 1. The van der Waals surface area contributed by atoms with E-state index in [0.29, 0.717) is 0 Å². The van der Waals surface area contributed by atoms with Gasteiger partial charge >= 0.3 is 0 Å². The molecule has 0 radical (unpaired) electrons. The Hall–Kier alpha value is -0.410. The van der Waals surface area contributed by atoms with E-state index in [1.165, 1.54) is 6.92 Å². The van der Waals surface area contributed by atoms with E-state index in [1.807, 2.05) is 0 Å². The zero-order valence-electron chi connectivity index (χ0n) is 5.14. The molecule has 0 aliphatic carbocycles. The van der Waals surface area contributed by atoms with E-state index in [0.717, 1.165) is 0 Å². The number of nitrogens with one attached hydrogen (secondary N) is 1. The molecule has 0 heterocycles. The molecular formula is C5H11NO2. The zero-order chi connectivity index (χ0) is 6.57. The number of aliphatic hydroxyl groups is 1. The summed E-state index contributed by atoms with van der Waals surface area (Å²) in [7, 11) is 1.64. The number of Topliss-reactive ketones (excluding diaryl/α,β-unsaturated/α-hetero) is 1. The molecule has 0 saturated heterocycles. The van der Waals surface area contributed by atoms with Crippen LogP contribution in [0.4, 0.5) is 0 Å². The number of hydrogen-bond acceptors (Lipinski definition) is 3. The SMILES string of the molecule is CN[C@@H](CO)C(C)=O. The molecule has 0 amide bonds. The van der Waals surface area contributed by atoms with E-state index in [1.54, 1.807) is 7.05 Å². The van der Waals surface area contributed by atoms with Crippen LogP contribution in [0.25, 0.3) is 0 Å². The van der Waals surface area contributed by atoms with E-state index in [2.05, 4.69) is 5.32 Å². The van der Waals surface area contributed by atoms with E-state index in [9.17, 15) is 4.79 Å². The van der Waals surface area contributed by atoms with Gasteiger partial charge in [0.2, 0.25) is 0 Å². The van der Waals surface area contributed by atoms with Gasteiger partial charge in [0.25, 0.3) is 0 Å². The maximum Gasteiger partial charge on any atom is 0.149 e. The van der Waals surface area contributed by atoms with Crippen LogP contribution in [-0.4, -0.2) is 30.6 Å². The molecule has 1 atom stereocenters. The minimum absolute atomic E-state index is 0.0324. The summed E-state index contributed by atoms with van der Waals surface area (Å²) in [5, 5.41) is 11.1. The van der Waals surface area contributed by atoms with Crippen LogP contribution in [-0.2, 0) is 4.79 Å². The fourth-order valence-corrected chi connectivity index (χ4v) is 0.423. The third kappa shape index (κ3) is 2.04. The van der Waals surface area contributed by atoms with Crippen molar-refractivity contribution in [3.05, 3.63) is 0 Å². The molecule has 0 rings (SSSR count). The molecule has 0 aliphatic rings. The second-order valence-corrected chi connectivity index (χ2v) is 1.63. The Morgan fingerprint density at radius 1 is 1.88 bits per heavy atom. The van der Waals surface area contributed by atoms with Crippen molar-refractivity contribution in [1.29, 1.82) is 0 Å². The molecule has 3 heteroatoms. The number of rotatable bonds is 3. The third-order valence-electron chi connectivity index (χ3n) is 1.02. The van der Waals surface area contributed by atoms with E-state index < -0.39 is 0 Å². The first kappa shape index (κ1) is 7.59. The highest BCUT2D eigenvalue weighted by molar-refractivity contribution is 5.81. The Morgan fingerprint density at radius 2 is 2.38 bits per heavy atom. The van der Waals surface area contributed by atoms with Crippen molar-refractivity contribution in [2.24, 2.45) is 0 Å². The van der Waals surface area contributed by atoms with Crippen molar-refractivity contribution in [2.75, 3.05) is 13.7 Å². The zero-order valence-corrected chi connectivity index (χ0v) is 5.14. The molecule has 48 valence electrons. The highest BCUT2D eigenvalue weighted by Gasteiger charge is 2.07. The van der Waals surface area contributed by atoms with Crippen LogP contribution in [0, 0.1) is 0 Å². The van der Waals surface area contributed by atoms with E-state index >= 15 is 0 Å². The lowest BCUT2D eigenvalue weighted by Gasteiger charge is -2.06. The normalized spacial score (nSPS) is 13.4. The van der Waals surface area contributed by atoms with Gasteiger partial charge in [-0.1, -0.05) is 0 Å². The van der Waals surface area contributed by atoms with Crippen molar-refractivity contribution in [2.45, 2.75) is 13.0 Å². The van der Waals surface area contributed by atoms with E-state index in [-0.39, 0.29) is 18.4 Å². The van der Waals surface area contributed by atoms with Crippen LogP contribution in [0.3, 0.4) is 0 Å². The molecule has 8 heavy (non-hydrogen) atoms. The third-order valence-corrected chi connectivity index (χ3v) is 1.02. The number of carbonyl (C=O) groups excluding carboxylic acids is 1. The van der Waals surface area contributed by atoms with Crippen LogP contribution in [0.1, 0.15) is 6.92 Å². The largest absolute Gasteiger partial charge is 0.394 e. The Labute approximate surface area is 48.7 Å². The van der Waals surface area contributed by atoms with E-state index in [4.69, 9.17) is 5.11 Å². The minimum Gasteiger partial charge on any atom is -0.394 e. The summed E-state index contributed by atoms with van der Waals surface area (Å²) in [4.78, 5) is 10.4. The van der Waals surface area contributed by atoms with Gasteiger partial charge in [0, 0.05) is 0 Å². The van der Waals surface area contributed by atoms with Crippen LogP contribution in [0.15, 0.2) is 0 Å². The fraction of sp³-hybridized carbons (Fsp3) is 0.800. The van der Waals surface area contributed by atoms with Gasteiger partial charge in [-0.2, -0.15) is 0 Å². The smallest absolute Gasteiger partial charge is 0.149 e. The minimum atomic E-state index is -0.380. The average Bonchev–Trinajstić information content (AvgIpc) is 1.69. The summed E-state index contributed by atoms with van der Waals surface area (Å²) in [6, 6.07) is -0.380. The second kappa shape index (κ2) is 3.57. The summed E-state index contributed by atoms with van der Waals surface area (Å²) < 4.78 is 0. The molecule has 0 spiro atoms. The first-order valence-electron chi connectivity index (χ1n) is 2.51. The molecule has 0 aromatic rings. The van der Waals surface area contributed by atoms with Gasteiger partial charge in [-0.05, 0) is 14.0 Å². The number of aliphatic hydroxyl groups excluding tert-OH is 1. The van der Waals surface area contributed by atoms with Gasteiger partial charge in [0.15, 0.2) is 0 Å². The Balaban J connectivity index is 3.52. The summed E-state index contributed by atoms with van der Waals surface area (Å²) in [6.07, 6.45) is 0. The summed E-state index contributed by atoms with van der Waals surface area (Å²) in [5.41, 5.74) is 0. The van der Waals surface area contributed by atoms with Gasteiger partial charge in [-0.25, -0.2) is 0 Å². The lowest BCUT2D eigenvalue weighted by Crippen LogP contribution is -2.35. The predicted molar refractivity (Wildman–Crippen MR) is 30.6 cm³/mol. The number of hydrogen-bond donors (Lipinski definition) is 2. The van der Waals surface area contributed by atoms with Crippen LogP contribution >= 0.6 is 0 Å². The van der Waals surface area contributed by atoms with Gasteiger partial charge < -0.3 is 10.4 Å². The molecule has 0 aromatic heterocycles. The molecule has 0 aromatic carbocycles. The standard InChI is InChI=1S/C5H11NO2/c1-4(8)5(3-7)6-2/h5-7H,3H2,1-2H3/t5-/m0/s1. The lowest BCUT2D eigenvalue weighted by molar-refractivity contribution is -0.119. The Morgan fingerprint density at radius 3 is 2.38 bits per heavy atom. The lowest BCUT2D eigenvalue weighted by atomic mass is 10.2. The molecule has 0 unspecified atom stereocenters. The maximum absolute atomic E-state index is 10.4. The van der Waals surface area contributed by atoms with Crippen molar-refractivity contribution in [1.82, 2.24) is 5.32 Å². The van der Waals surface area contributed by atoms with Crippen LogP contribution < -0.4 is 5.32 Å². The molecule has 0 fully saturated rings. The molecular weight excluding hydrogens is 106 g/mol. The Kier molecular flexibility index (Phi) is 3.39. The molecule has 3 nitrogen and oxygen atoms in total. The summed E-state index contributed by atoms with van der Waals surface area (Å²) in [6.45, 7) is 1.32. The van der Waals surface area contributed by atoms with Crippen LogP contribution in [0.5, 0.6) is 0 Å². The van der Waals surface area contributed by atoms with Crippen LogP contribution in [0.2, 0.25) is 0 Å². The van der Waals surface area contributed by atoms with Crippen molar-refractivity contribution < 1.29 is 9.90 Å². The average molecular weight is 117 g/mol. The van der Waals surface area contributed by atoms with Crippen molar-refractivity contribution >= 4 is 5.78 Å². The summed E-state index contributed by atoms with van der Waals surface area (Å²) >= 11 is 0. The summed E-state index contributed by atoms with van der Waals surface area (Å²) in [5.74, 6) is -0.0324. The molecule has 0 aliphatic heterocycles. The quantitative estimate of drug-likeness (QED) is 0.506.